The lowest BCUT2D eigenvalue weighted by Gasteiger charge is -2.14. The molecule has 0 bridgehead atoms. The van der Waals surface area contributed by atoms with Gasteiger partial charge >= 0.3 is 6.03 Å². The molecule has 3 heteroatoms. The van der Waals surface area contributed by atoms with Gasteiger partial charge in [-0.1, -0.05) is 62.4 Å². The zero-order valence-electron chi connectivity index (χ0n) is 11.9. The van der Waals surface area contributed by atoms with Gasteiger partial charge in [0.25, 0.3) is 0 Å². The molecule has 0 radical (unpaired) electrons. The normalized spacial score (nSPS) is 10.3. The highest BCUT2D eigenvalue weighted by atomic mass is 16.2. The molecule has 3 nitrogen and oxygen atoms in total. The van der Waals surface area contributed by atoms with E-state index in [9.17, 15) is 4.79 Å². The Kier molecular flexibility index (Phi) is 4.77. The Balaban J connectivity index is 1.95. The van der Waals surface area contributed by atoms with Gasteiger partial charge in [-0.25, -0.2) is 4.79 Å². The van der Waals surface area contributed by atoms with Crippen molar-refractivity contribution in [3.63, 3.8) is 0 Å². The zero-order chi connectivity index (χ0) is 14.4. The molecule has 20 heavy (non-hydrogen) atoms. The molecule has 2 rings (SSSR count). The number of anilines is 1. The van der Waals surface area contributed by atoms with Gasteiger partial charge in [0.15, 0.2) is 0 Å². The molecule has 0 unspecified atom stereocenters. The first-order valence-corrected chi connectivity index (χ1v) is 6.84. The first-order chi connectivity index (χ1) is 9.66. The van der Waals surface area contributed by atoms with Crippen LogP contribution in [-0.4, -0.2) is 6.03 Å². The number of hydrogen-bond donors (Lipinski definition) is 2. The highest BCUT2D eigenvalue weighted by Crippen LogP contribution is 2.23. The number of amides is 2. The second-order valence-corrected chi connectivity index (χ2v) is 5.04. The fourth-order valence-electron chi connectivity index (χ4n) is 2.06. The van der Waals surface area contributed by atoms with Gasteiger partial charge < -0.3 is 10.6 Å². The Bertz CT molecular complexity index is 564. The van der Waals surface area contributed by atoms with E-state index in [0.717, 1.165) is 16.8 Å². The van der Waals surface area contributed by atoms with Crippen molar-refractivity contribution in [2.75, 3.05) is 5.32 Å². The van der Waals surface area contributed by atoms with E-state index in [2.05, 4.69) is 24.5 Å². The molecule has 2 aromatic carbocycles. The third kappa shape index (κ3) is 3.85. The molecule has 0 aliphatic rings. The van der Waals surface area contributed by atoms with Gasteiger partial charge in [-0.3, -0.25) is 0 Å². The molecule has 0 aromatic heterocycles. The maximum atomic E-state index is 11.9. The molecule has 0 aliphatic heterocycles. The zero-order valence-corrected chi connectivity index (χ0v) is 11.9. The molecular formula is C17H20N2O. The quantitative estimate of drug-likeness (QED) is 0.860. The SMILES string of the molecule is CC(C)c1ccccc1NC(=O)NCc1ccccc1. The van der Waals surface area contributed by atoms with Crippen molar-refractivity contribution in [1.82, 2.24) is 5.32 Å². The molecule has 0 fully saturated rings. The number of benzene rings is 2. The number of hydrogen-bond acceptors (Lipinski definition) is 1. The summed E-state index contributed by atoms with van der Waals surface area (Å²) in [6.07, 6.45) is 0. The van der Waals surface area contributed by atoms with Crippen LogP contribution in [0, 0.1) is 0 Å². The number of carbonyl (C=O) groups excluding carboxylic acids is 1. The number of rotatable bonds is 4. The van der Waals surface area contributed by atoms with Crippen LogP contribution in [0.15, 0.2) is 54.6 Å². The fraction of sp³-hybridized carbons (Fsp3) is 0.235. The van der Waals surface area contributed by atoms with Crippen LogP contribution >= 0.6 is 0 Å². The number of nitrogens with one attached hydrogen (secondary N) is 2. The molecule has 0 saturated carbocycles. The molecule has 0 heterocycles. The van der Waals surface area contributed by atoms with Crippen LogP contribution < -0.4 is 10.6 Å². The van der Waals surface area contributed by atoms with Crippen LogP contribution in [0.1, 0.15) is 30.9 Å². The molecular weight excluding hydrogens is 248 g/mol. The third-order valence-electron chi connectivity index (χ3n) is 3.13. The maximum absolute atomic E-state index is 11.9. The van der Waals surface area contributed by atoms with E-state index in [4.69, 9.17) is 0 Å². The van der Waals surface area contributed by atoms with Crippen molar-refractivity contribution in [3.8, 4) is 0 Å². The number of urea groups is 1. The van der Waals surface area contributed by atoms with Crippen LogP contribution in [0.4, 0.5) is 10.5 Å². The second kappa shape index (κ2) is 6.75. The largest absolute Gasteiger partial charge is 0.334 e. The van der Waals surface area contributed by atoms with Crippen molar-refractivity contribution in [1.29, 1.82) is 0 Å². The first kappa shape index (κ1) is 14.1. The van der Waals surface area contributed by atoms with Crippen molar-refractivity contribution in [2.45, 2.75) is 26.3 Å². The van der Waals surface area contributed by atoms with Gasteiger partial charge in [0, 0.05) is 12.2 Å². The summed E-state index contributed by atoms with van der Waals surface area (Å²) in [6, 6.07) is 17.6. The van der Waals surface area contributed by atoms with E-state index in [0.29, 0.717) is 12.5 Å². The summed E-state index contributed by atoms with van der Waals surface area (Å²) in [5, 5.41) is 5.78. The van der Waals surface area contributed by atoms with E-state index in [-0.39, 0.29) is 6.03 Å². The number of para-hydroxylation sites is 1. The number of carbonyl (C=O) groups is 1. The van der Waals surface area contributed by atoms with E-state index >= 15 is 0 Å². The summed E-state index contributed by atoms with van der Waals surface area (Å²) in [5.41, 5.74) is 3.09. The molecule has 2 amide bonds. The van der Waals surface area contributed by atoms with Gasteiger partial charge in [0.05, 0.1) is 0 Å². The van der Waals surface area contributed by atoms with E-state index in [1.165, 1.54) is 0 Å². The fourth-order valence-corrected chi connectivity index (χ4v) is 2.06. The predicted octanol–water partition coefficient (Wildman–Crippen LogP) is 4.13. The van der Waals surface area contributed by atoms with E-state index < -0.39 is 0 Å². The van der Waals surface area contributed by atoms with Crippen LogP contribution in [0.3, 0.4) is 0 Å². The average Bonchev–Trinajstić information content (AvgIpc) is 2.46. The lowest BCUT2D eigenvalue weighted by molar-refractivity contribution is 0.251. The van der Waals surface area contributed by atoms with Gasteiger partial charge in [-0.15, -0.1) is 0 Å². The molecule has 104 valence electrons. The summed E-state index contributed by atoms with van der Waals surface area (Å²) in [7, 11) is 0. The van der Waals surface area contributed by atoms with Crippen molar-refractivity contribution >= 4 is 11.7 Å². The minimum Gasteiger partial charge on any atom is -0.334 e. The first-order valence-electron chi connectivity index (χ1n) is 6.84. The minimum absolute atomic E-state index is 0.179. The summed E-state index contributed by atoms with van der Waals surface area (Å²) >= 11 is 0. The lowest BCUT2D eigenvalue weighted by Crippen LogP contribution is -2.28. The molecule has 0 atom stereocenters. The highest BCUT2D eigenvalue weighted by Gasteiger charge is 2.08. The van der Waals surface area contributed by atoms with E-state index in [1.54, 1.807) is 0 Å². The summed E-state index contributed by atoms with van der Waals surface area (Å²) < 4.78 is 0. The third-order valence-corrected chi connectivity index (χ3v) is 3.13. The average molecular weight is 268 g/mol. The summed E-state index contributed by atoms with van der Waals surface area (Å²) in [5.74, 6) is 0.376. The Hall–Kier alpha value is -2.29. The molecule has 0 spiro atoms. The van der Waals surface area contributed by atoms with Crippen LogP contribution in [0.25, 0.3) is 0 Å². The topological polar surface area (TPSA) is 41.1 Å². The van der Waals surface area contributed by atoms with Crippen LogP contribution in [0.2, 0.25) is 0 Å². The smallest absolute Gasteiger partial charge is 0.319 e. The van der Waals surface area contributed by atoms with Crippen LogP contribution in [0.5, 0.6) is 0 Å². The Morgan fingerprint density at radius 3 is 2.35 bits per heavy atom. The monoisotopic (exact) mass is 268 g/mol. The predicted molar refractivity (Wildman–Crippen MR) is 82.8 cm³/mol. The van der Waals surface area contributed by atoms with Gasteiger partial charge in [0.1, 0.15) is 0 Å². The summed E-state index contributed by atoms with van der Waals surface area (Å²) in [4.78, 5) is 11.9. The Morgan fingerprint density at radius 1 is 1.00 bits per heavy atom. The Morgan fingerprint density at radius 2 is 1.65 bits per heavy atom. The van der Waals surface area contributed by atoms with Crippen molar-refractivity contribution < 1.29 is 4.79 Å². The van der Waals surface area contributed by atoms with Crippen molar-refractivity contribution in [3.05, 3.63) is 65.7 Å². The van der Waals surface area contributed by atoms with E-state index in [1.807, 2.05) is 54.6 Å². The van der Waals surface area contributed by atoms with Gasteiger partial charge in [0.2, 0.25) is 0 Å². The van der Waals surface area contributed by atoms with Crippen molar-refractivity contribution in [2.24, 2.45) is 0 Å². The highest BCUT2D eigenvalue weighted by molar-refractivity contribution is 5.90. The summed E-state index contributed by atoms with van der Waals surface area (Å²) in [6.45, 7) is 4.75. The van der Waals surface area contributed by atoms with Crippen LogP contribution in [-0.2, 0) is 6.54 Å². The molecule has 2 aromatic rings. The van der Waals surface area contributed by atoms with Gasteiger partial charge in [-0.2, -0.15) is 0 Å². The maximum Gasteiger partial charge on any atom is 0.319 e. The molecule has 0 saturated heterocycles. The lowest BCUT2D eigenvalue weighted by atomic mass is 10.0. The molecule has 0 aliphatic carbocycles. The second-order valence-electron chi connectivity index (χ2n) is 5.04. The van der Waals surface area contributed by atoms with Gasteiger partial charge in [-0.05, 0) is 23.1 Å². The molecule has 2 N–H and O–H groups in total. The standard InChI is InChI=1S/C17H20N2O/c1-13(2)15-10-6-7-11-16(15)19-17(20)18-12-14-8-4-3-5-9-14/h3-11,13H,12H2,1-2H3,(H2,18,19,20). The Labute approximate surface area is 120 Å². The minimum atomic E-state index is -0.179.